The Kier molecular flexibility index (Phi) is 5.59. The second-order valence-electron chi connectivity index (χ2n) is 4.96. The van der Waals surface area contributed by atoms with E-state index in [4.69, 9.17) is 17.4 Å². The maximum atomic E-state index is 11.0. The first kappa shape index (κ1) is 15.0. The van der Waals surface area contributed by atoms with Gasteiger partial charge in [0.15, 0.2) is 0 Å². The van der Waals surface area contributed by atoms with E-state index >= 15 is 0 Å². The number of nitrogens with zero attached hydrogens (tertiary/aromatic N) is 1. The first-order valence-electron chi connectivity index (χ1n) is 6.86. The van der Waals surface area contributed by atoms with Gasteiger partial charge in [-0.15, -0.1) is 0 Å². The van der Waals surface area contributed by atoms with Crippen LogP contribution in [-0.4, -0.2) is 30.4 Å². The van der Waals surface area contributed by atoms with Gasteiger partial charge in [0.1, 0.15) is 0 Å². The molecule has 4 nitrogen and oxygen atoms in total. The summed E-state index contributed by atoms with van der Waals surface area (Å²) in [6.45, 7) is 2.89. The third-order valence-electron chi connectivity index (χ3n) is 3.55. The molecule has 5 heteroatoms. The van der Waals surface area contributed by atoms with Gasteiger partial charge < -0.3 is 0 Å². The fourth-order valence-corrected chi connectivity index (χ4v) is 2.50. The Morgan fingerprint density at radius 2 is 2.10 bits per heavy atom. The zero-order valence-electron chi connectivity index (χ0n) is 11.4. The molecule has 0 aliphatic carbocycles. The molecule has 1 amide bonds. The molecule has 0 atom stereocenters. The van der Waals surface area contributed by atoms with Crippen molar-refractivity contribution < 1.29 is 4.79 Å². The average Bonchev–Trinajstić information content (AvgIpc) is 2.48. The maximum Gasteiger partial charge on any atom is 0.233 e. The summed E-state index contributed by atoms with van der Waals surface area (Å²) in [7, 11) is 0. The quantitative estimate of drug-likeness (QED) is 0.497. The molecule has 1 aliphatic rings. The van der Waals surface area contributed by atoms with Crippen LogP contribution in [0.15, 0.2) is 30.3 Å². The highest BCUT2D eigenvalue weighted by molar-refractivity contribution is 6.30. The number of carbonyl (C=O) groups excluding carboxylic acids is 1. The van der Waals surface area contributed by atoms with Gasteiger partial charge >= 0.3 is 0 Å². The minimum Gasteiger partial charge on any atom is -0.299 e. The van der Waals surface area contributed by atoms with Gasteiger partial charge in [-0.25, -0.2) is 5.84 Å². The minimum atomic E-state index is -0.0978. The molecule has 0 spiro atoms. The molecule has 108 valence electrons. The highest BCUT2D eigenvalue weighted by Gasteiger charge is 2.13. The second kappa shape index (κ2) is 7.43. The summed E-state index contributed by atoms with van der Waals surface area (Å²) >= 11 is 5.90. The Hall–Kier alpha value is -1.36. The van der Waals surface area contributed by atoms with Crippen LogP contribution in [0.2, 0.25) is 5.02 Å². The van der Waals surface area contributed by atoms with Crippen LogP contribution in [-0.2, 0) is 4.79 Å². The molecular formula is C15H20ClN3O. The van der Waals surface area contributed by atoms with Crippen molar-refractivity contribution >= 4 is 23.1 Å². The van der Waals surface area contributed by atoms with Gasteiger partial charge in [0, 0.05) is 24.5 Å². The second-order valence-corrected chi connectivity index (χ2v) is 5.39. The van der Waals surface area contributed by atoms with Crippen LogP contribution >= 0.6 is 11.6 Å². The van der Waals surface area contributed by atoms with Gasteiger partial charge in [0.2, 0.25) is 5.91 Å². The fourth-order valence-electron chi connectivity index (χ4n) is 2.38. The van der Waals surface area contributed by atoms with Gasteiger partial charge in [0.25, 0.3) is 0 Å². The zero-order chi connectivity index (χ0) is 14.4. The van der Waals surface area contributed by atoms with Crippen LogP contribution in [0.3, 0.4) is 0 Å². The number of nitrogens with one attached hydrogen (secondary N) is 1. The highest BCUT2D eigenvalue weighted by atomic mass is 35.5. The molecular weight excluding hydrogens is 274 g/mol. The summed E-state index contributed by atoms with van der Waals surface area (Å²) in [5, 5.41) is 0.768. The molecule has 0 fully saturated rings. The summed E-state index contributed by atoms with van der Waals surface area (Å²) < 4.78 is 0. The Bertz CT molecular complexity index is 484. The van der Waals surface area contributed by atoms with E-state index in [9.17, 15) is 4.79 Å². The van der Waals surface area contributed by atoms with E-state index in [2.05, 4.69) is 28.5 Å². The molecule has 2 rings (SSSR count). The van der Waals surface area contributed by atoms with Crippen LogP contribution < -0.4 is 11.3 Å². The van der Waals surface area contributed by atoms with E-state index in [0.29, 0.717) is 6.42 Å². The van der Waals surface area contributed by atoms with E-state index in [1.165, 1.54) is 11.1 Å². The molecule has 1 aromatic rings. The van der Waals surface area contributed by atoms with Crippen molar-refractivity contribution in [3.63, 3.8) is 0 Å². The Morgan fingerprint density at radius 1 is 1.35 bits per heavy atom. The average molecular weight is 294 g/mol. The van der Waals surface area contributed by atoms with E-state index in [-0.39, 0.29) is 5.91 Å². The zero-order valence-corrected chi connectivity index (χ0v) is 12.2. The highest BCUT2D eigenvalue weighted by Crippen LogP contribution is 2.23. The molecule has 0 saturated heterocycles. The van der Waals surface area contributed by atoms with Crippen LogP contribution in [0.5, 0.6) is 0 Å². The molecule has 0 saturated carbocycles. The summed E-state index contributed by atoms with van der Waals surface area (Å²) in [6.07, 6.45) is 4.62. The van der Waals surface area contributed by atoms with Crippen molar-refractivity contribution in [2.24, 2.45) is 5.84 Å². The number of nitrogens with two attached hydrogens (primary N) is 1. The van der Waals surface area contributed by atoms with Crippen molar-refractivity contribution in [3.8, 4) is 0 Å². The van der Waals surface area contributed by atoms with Gasteiger partial charge in [-0.05, 0) is 42.7 Å². The van der Waals surface area contributed by atoms with Crippen LogP contribution in [0.4, 0.5) is 0 Å². The molecule has 0 unspecified atom stereocenters. The van der Waals surface area contributed by atoms with E-state index in [0.717, 1.165) is 37.5 Å². The number of hydrogen-bond donors (Lipinski definition) is 2. The van der Waals surface area contributed by atoms with E-state index in [1.807, 2.05) is 12.1 Å². The lowest BCUT2D eigenvalue weighted by atomic mass is 9.99. The number of carbonyl (C=O) groups is 1. The topological polar surface area (TPSA) is 58.4 Å². The number of rotatable bonds is 5. The molecule has 1 heterocycles. The summed E-state index contributed by atoms with van der Waals surface area (Å²) in [5.41, 5.74) is 4.78. The maximum absolute atomic E-state index is 11.0. The molecule has 1 aliphatic heterocycles. The van der Waals surface area contributed by atoms with Crippen molar-refractivity contribution in [2.75, 3.05) is 19.6 Å². The number of hydrazine groups is 1. The van der Waals surface area contributed by atoms with Crippen molar-refractivity contribution in [1.82, 2.24) is 10.3 Å². The van der Waals surface area contributed by atoms with E-state index in [1.54, 1.807) is 0 Å². The van der Waals surface area contributed by atoms with E-state index < -0.39 is 0 Å². The fraction of sp³-hybridized carbons (Fsp3) is 0.400. The predicted octanol–water partition coefficient (Wildman–Crippen LogP) is 2.20. The van der Waals surface area contributed by atoms with Crippen molar-refractivity contribution in [2.45, 2.75) is 19.3 Å². The smallest absolute Gasteiger partial charge is 0.233 e. The van der Waals surface area contributed by atoms with Gasteiger partial charge in [0.05, 0.1) is 0 Å². The normalized spacial score (nSPS) is 15.8. The number of amides is 1. The lowest BCUT2D eigenvalue weighted by Crippen LogP contribution is -2.32. The minimum absolute atomic E-state index is 0.0978. The van der Waals surface area contributed by atoms with Gasteiger partial charge in [-0.2, -0.15) is 0 Å². The molecule has 1 aromatic carbocycles. The molecule has 0 bridgehead atoms. The Labute approximate surface area is 124 Å². The Morgan fingerprint density at radius 3 is 2.70 bits per heavy atom. The lowest BCUT2D eigenvalue weighted by molar-refractivity contribution is -0.121. The third-order valence-corrected chi connectivity index (χ3v) is 3.80. The molecule has 0 radical (unpaired) electrons. The van der Waals surface area contributed by atoms with Crippen LogP contribution in [0.25, 0.3) is 5.57 Å². The molecule has 3 N–H and O–H groups in total. The number of hydrogen-bond acceptors (Lipinski definition) is 3. The van der Waals surface area contributed by atoms with Gasteiger partial charge in [-0.1, -0.05) is 29.8 Å². The monoisotopic (exact) mass is 293 g/mol. The lowest BCUT2D eigenvalue weighted by Gasteiger charge is -2.26. The summed E-state index contributed by atoms with van der Waals surface area (Å²) in [5.74, 6) is 4.95. The van der Waals surface area contributed by atoms with Crippen molar-refractivity contribution in [1.29, 1.82) is 0 Å². The molecule has 20 heavy (non-hydrogen) atoms. The van der Waals surface area contributed by atoms with Gasteiger partial charge in [-0.3, -0.25) is 15.1 Å². The number of halogens is 1. The SMILES string of the molecule is NNC(=O)CCCN1CC=C(c2ccc(Cl)cc2)CC1. The summed E-state index contributed by atoms with van der Waals surface area (Å²) in [4.78, 5) is 13.4. The first-order chi connectivity index (χ1) is 9.69. The van der Waals surface area contributed by atoms with Crippen LogP contribution in [0, 0.1) is 0 Å². The standard InChI is InChI=1S/C15H20ClN3O/c16-14-5-3-12(4-6-14)13-7-10-19(11-8-13)9-1-2-15(20)18-17/h3-7H,1-2,8-11,17H2,(H,18,20). The summed E-state index contributed by atoms with van der Waals surface area (Å²) in [6, 6.07) is 7.98. The Balaban J connectivity index is 1.81. The first-order valence-corrected chi connectivity index (χ1v) is 7.23. The van der Waals surface area contributed by atoms with Crippen LogP contribution in [0.1, 0.15) is 24.8 Å². The molecule has 0 aromatic heterocycles. The predicted molar refractivity (Wildman–Crippen MR) is 82.1 cm³/mol. The largest absolute Gasteiger partial charge is 0.299 e. The van der Waals surface area contributed by atoms with Crippen molar-refractivity contribution in [3.05, 3.63) is 40.9 Å². The third kappa shape index (κ3) is 4.34. The number of benzene rings is 1.